The van der Waals surface area contributed by atoms with Crippen LogP contribution in [0.4, 0.5) is 5.88 Å². The van der Waals surface area contributed by atoms with E-state index in [-0.39, 0.29) is 12.2 Å². The van der Waals surface area contributed by atoms with Gasteiger partial charge in [-0.2, -0.15) is 10.2 Å². The predicted octanol–water partition coefficient (Wildman–Crippen LogP) is 3.14. The minimum absolute atomic E-state index is 0.0994. The second-order valence-corrected chi connectivity index (χ2v) is 5.76. The molecule has 0 amide bonds. The Morgan fingerprint density at radius 2 is 1.91 bits per heavy atom. The fraction of sp³-hybridized carbons (Fsp3) is 0.412. The van der Waals surface area contributed by atoms with Crippen LogP contribution in [-0.2, 0) is 4.74 Å². The van der Waals surface area contributed by atoms with Crippen LogP contribution in [0.2, 0.25) is 0 Å². The average Bonchev–Trinajstić information content (AvgIpc) is 2.91. The molecule has 0 radical (unpaired) electrons. The third-order valence-corrected chi connectivity index (χ3v) is 3.80. The number of aromatic nitrogens is 1. The molecule has 5 nitrogen and oxygen atoms in total. The summed E-state index contributed by atoms with van der Waals surface area (Å²) < 4.78 is 11.7. The number of hydrogen-bond donors (Lipinski definition) is 0. The molecule has 1 fully saturated rings. The zero-order valence-corrected chi connectivity index (χ0v) is 13.0. The predicted molar refractivity (Wildman–Crippen MR) is 83.6 cm³/mol. The van der Waals surface area contributed by atoms with E-state index in [1.165, 1.54) is 0 Å². The van der Waals surface area contributed by atoms with Crippen LogP contribution < -0.4 is 4.90 Å². The molecule has 1 aromatic carbocycles. The van der Waals surface area contributed by atoms with Crippen LogP contribution in [-0.4, -0.2) is 30.3 Å². The molecule has 3 rings (SSSR count). The summed E-state index contributed by atoms with van der Waals surface area (Å²) in [7, 11) is 0. The number of hydrogen-bond acceptors (Lipinski definition) is 5. The van der Waals surface area contributed by atoms with Gasteiger partial charge in [0.05, 0.1) is 12.2 Å². The normalized spacial score (nSPS) is 21.6. The highest BCUT2D eigenvalue weighted by molar-refractivity contribution is 5.62. The van der Waals surface area contributed by atoms with Crippen LogP contribution in [0, 0.1) is 18.3 Å². The molecule has 5 heteroatoms. The van der Waals surface area contributed by atoms with Gasteiger partial charge >= 0.3 is 0 Å². The Morgan fingerprint density at radius 3 is 2.55 bits per heavy atom. The molecule has 0 spiro atoms. The van der Waals surface area contributed by atoms with E-state index in [2.05, 4.69) is 11.1 Å². The van der Waals surface area contributed by atoms with Crippen molar-refractivity contribution in [2.75, 3.05) is 18.0 Å². The number of aryl methyl sites for hydroxylation is 1. The molecule has 22 heavy (non-hydrogen) atoms. The number of morpholine rings is 1. The van der Waals surface area contributed by atoms with Crippen molar-refractivity contribution in [1.29, 1.82) is 5.26 Å². The van der Waals surface area contributed by atoms with E-state index in [0.29, 0.717) is 30.6 Å². The van der Waals surface area contributed by atoms with Crippen molar-refractivity contribution < 1.29 is 9.15 Å². The molecule has 1 saturated heterocycles. The van der Waals surface area contributed by atoms with Gasteiger partial charge in [-0.3, -0.25) is 0 Å². The molecule has 2 atom stereocenters. The average molecular weight is 297 g/mol. The molecular formula is C17H19N3O2. The van der Waals surface area contributed by atoms with Gasteiger partial charge in [-0.25, -0.2) is 0 Å². The van der Waals surface area contributed by atoms with Gasteiger partial charge < -0.3 is 14.1 Å². The number of nitriles is 1. The number of oxazole rings is 1. The van der Waals surface area contributed by atoms with Crippen molar-refractivity contribution in [3.63, 3.8) is 0 Å². The van der Waals surface area contributed by atoms with Crippen LogP contribution >= 0.6 is 0 Å². The summed E-state index contributed by atoms with van der Waals surface area (Å²) in [5, 5.41) is 9.38. The Bertz CT molecular complexity index is 707. The highest BCUT2D eigenvalue weighted by Gasteiger charge is 2.28. The van der Waals surface area contributed by atoms with E-state index >= 15 is 0 Å². The molecule has 1 aliphatic heterocycles. The van der Waals surface area contributed by atoms with Crippen LogP contribution in [0.3, 0.4) is 0 Å². The number of benzene rings is 1. The van der Waals surface area contributed by atoms with Gasteiger partial charge in [0.25, 0.3) is 0 Å². The van der Waals surface area contributed by atoms with Gasteiger partial charge in [-0.1, -0.05) is 18.2 Å². The largest absolute Gasteiger partial charge is 0.419 e. The molecule has 0 unspecified atom stereocenters. The van der Waals surface area contributed by atoms with Gasteiger partial charge in [0.1, 0.15) is 6.07 Å². The number of ether oxygens (including phenoxy) is 1. The second kappa shape index (κ2) is 5.82. The van der Waals surface area contributed by atoms with Crippen molar-refractivity contribution in [3.05, 3.63) is 35.5 Å². The van der Waals surface area contributed by atoms with Crippen LogP contribution in [0.25, 0.3) is 11.5 Å². The fourth-order valence-electron chi connectivity index (χ4n) is 2.87. The minimum atomic E-state index is 0.0994. The maximum absolute atomic E-state index is 9.38. The molecule has 1 aliphatic rings. The molecular weight excluding hydrogens is 278 g/mol. The molecule has 2 heterocycles. The van der Waals surface area contributed by atoms with Crippen LogP contribution in [0.15, 0.2) is 28.7 Å². The fourth-order valence-corrected chi connectivity index (χ4v) is 2.87. The summed E-state index contributed by atoms with van der Waals surface area (Å²) in [6.07, 6.45) is 0.199. The summed E-state index contributed by atoms with van der Waals surface area (Å²) in [6.45, 7) is 7.44. The summed E-state index contributed by atoms with van der Waals surface area (Å²) >= 11 is 0. The number of rotatable bonds is 2. The van der Waals surface area contributed by atoms with Crippen molar-refractivity contribution in [2.45, 2.75) is 33.0 Å². The topological polar surface area (TPSA) is 62.3 Å². The lowest BCUT2D eigenvalue weighted by atomic mass is 10.1. The monoisotopic (exact) mass is 297 g/mol. The molecule has 0 saturated carbocycles. The lowest BCUT2D eigenvalue weighted by molar-refractivity contribution is -0.00638. The van der Waals surface area contributed by atoms with E-state index in [1.54, 1.807) is 0 Å². The molecule has 2 aromatic rings. The van der Waals surface area contributed by atoms with Crippen molar-refractivity contribution in [2.24, 2.45) is 0 Å². The molecule has 114 valence electrons. The Labute approximate surface area is 130 Å². The first-order valence-electron chi connectivity index (χ1n) is 7.46. The number of nitrogens with zero attached hydrogens (tertiary/aromatic N) is 3. The second-order valence-electron chi connectivity index (χ2n) is 5.76. The smallest absolute Gasteiger partial charge is 0.235 e. The summed E-state index contributed by atoms with van der Waals surface area (Å²) in [5.74, 6) is 1.04. The Hall–Kier alpha value is -2.32. The van der Waals surface area contributed by atoms with Gasteiger partial charge in [-0.05, 0) is 32.4 Å². The summed E-state index contributed by atoms with van der Waals surface area (Å²) in [5.41, 5.74) is 2.32. The zero-order chi connectivity index (χ0) is 15.7. The van der Waals surface area contributed by atoms with Crippen molar-refractivity contribution >= 4 is 5.88 Å². The molecule has 0 N–H and O–H groups in total. The van der Waals surface area contributed by atoms with E-state index in [4.69, 9.17) is 9.15 Å². The van der Waals surface area contributed by atoms with Gasteiger partial charge in [0.2, 0.25) is 17.5 Å². The highest BCUT2D eigenvalue weighted by atomic mass is 16.5. The summed E-state index contributed by atoms with van der Waals surface area (Å²) in [4.78, 5) is 6.42. The van der Waals surface area contributed by atoms with Crippen LogP contribution in [0.1, 0.15) is 25.1 Å². The number of anilines is 1. The Morgan fingerprint density at radius 1 is 1.23 bits per heavy atom. The Balaban J connectivity index is 1.99. The van der Waals surface area contributed by atoms with E-state index in [1.807, 2.05) is 49.9 Å². The standard InChI is InChI=1S/C17H19N3O2/c1-11-6-4-5-7-14(11)16-19-15(8-18)17(22-16)20-9-12(2)21-13(3)10-20/h4-7,12-13H,9-10H2,1-3H3/t12-,13-/m0/s1. The summed E-state index contributed by atoms with van der Waals surface area (Å²) in [6, 6.07) is 10.0. The molecule has 0 aliphatic carbocycles. The van der Waals surface area contributed by atoms with Crippen LogP contribution in [0.5, 0.6) is 0 Å². The zero-order valence-electron chi connectivity index (χ0n) is 13.0. The first-order chi connectivity index (χ1) is 10.6. The quantitative estimate of drug-likeness (QED) is 0.852. The van der Waals surface area contributed by atoms with Crippen molar-refractivity contribution in [1.82, 2.24) is 4.98 Å². The highest BCUT2D eigenvalue weighted by Crippen LogP contribution is 2.31. The SMILES string of the molecule is Cc1ccccc1-c1nc(C#N)c(N2C[C@H](C)O[C@@H](C)C2)o1. The lowest BCUT2D eigenvalue weighted by Crippen LogP contribution is -2.45. The van der Waals surface area contributed by atoms with Crippen molar-refractivity contribution in [3.8, 4) is 17.5 Å². The van der Waals surface area contributed by atoms with E-state index in [0.717, 1.165) is 11.1 Å². The lowest BCUT2D eigenvalue weighted by Gasteiger charge is -2.34. The van der Waals surface area contributed by atoms with Gasteiger partial charge in [0, 0.05) is 18.7 Å². The molecule has 1 aromatic heterocycles. The van der Waals surface area contributed by atoms with Gasteiger partial charge in [-0.15, -0.1) is 0 Å². The van der Waals surface area contributed by atoms with E-state index < -0.39 is 0 Å². The van der Waals surface area contributed by atoms with Gasteiger partial charge in [0.15, 0.2) is 0 Å². The third kappa shape index (κ3) is 2.70. The maximum atomic E-state index is 9.38. The minimum Gasteiger partial charge on any atom is -0.419 e. The Kier molecular flexibility index (Phi) is 3.86. The third-order valence-electron chi connectivity index (χ3n) is 3.80. The first-order valence-corrected chi connectivity index (χ1v) is 7.46. The maximum Gasteiger partial charge on any atom is 0.235 e. The first kappa shape index (κ1) is 14.6. The van der Waals surface area contributed by atoms with E-state index in [9.17, 15) is 5.26 Å². The molecule has 0 bridgehead atoms.